The van der Waals surface area contributed by atoms with Crippen LogP contribution in [0.25, 0.3) is 22.3 Å². The van der Waals surface area contributed by atoms with Crippen molar-refractivity contribution in [1.82, 2.24) is 19.5 Å². The van der Waals surface area contributed by atoms with Gasteiger partial charge in [0.2, 0.25) is 11.9 Å². The molecule has 2 aromatic carbocycles. The van der Waals surface area contributed by atoms with Gasteiger partial charge in [-0.3, -0.25) is 9.59 Å². The lowest BCUT2D eigenvalue weighted by atomic mass is 10.1. The fraction of sp³-hybridized carbons (Fsp3) is 0.367. The molecule has 41 heavy (non-hydrogen) atoms. The van der Waals surface area contributed by atoms with Crippen LogP contribution in [0.4, 0.5) is 26.1 Å². The maximum atomic E-state index is 15.0. The van der Waals surface area contributed by atoms with E-state index in [4.69, 9.17) is 0 Å². The van der Waals surface area contributed by atoms with Crippen molar-refractivity contribution in [3.8, 4) is 11.3 Å². The molecule has 2 N–H and O–H groups in total. The number of aromatic nitrogens is 4. The lowest BCUT2D eigenvalue weighted by molar-refractivity contribution is -0.140. The Balaban J connectivity index is 1.39. The first-order valence-electron chi connectivity index (χ1n) is 13.6. The van der Waals surface area contributed by atoms with Crippen LogP contribution >= 0.6 is 0 Å². The number of rotatable bonds is 12. The third-order valence-corrected chi connectivity index (χ3v) is 6.65. The van der Waals surface area contributed by atoms with E-state index in [1.54, 1.807) is 37.3 Å². The highest BCUT2D eigenvalue weighted by molar-refractivity contribution is 5.91. The second-order valence-corrected chi connectivity index (χ2v) is 10.1. The van der Waals surface area contributed by atoms with Gasteiger partial charge in [-0.05, 0) is 70.0 Å². The molecule has 4 aromatic rings. The number of amides is 1. The summed E-state index contributed by atoms with van der Waals surface area (Å²) in [6.45, 7) is 5.75. The van der Waals surface area contributed by atoms with Crippen molar-refractivity contribution in [2.45, 2.75) is 65.3 Å². The van der Waals surface area contributed by atoms with Crippen molar-refractivity contribution >= 4 is 40.2 Å². The lowest BCUT2D eigenvalue weighted by Crippen LogP contribution is -2.11. The summed E-state index contributed by atoms with van der Waals surface area (Å²) in [5.74, 6) is -0.733. The van der Waals surface area contributed by atoms with Crippen LogP contribution < -0.4 is 10.6 Å². The highest BCUT2D eigenvalue weighted by Gasteiger charge is 2.18. The Kier molecular flexibility index (Phi) is 9.59. The fourth-order valence-electron chi connectivity index (χ4n) is 4.69. The number of benzene rings is 2. The van der Waals surface area contributed by atoms with Crippen LogP contribution in [0.2, 0.25) is 0 Å². The van der Waals surface area contributed by atoms with E-state index >= 15 is 0 Å². The third-order valence-electron chi connectivity index (χ3n) is 6.65. The van der Waals surface area contributed by atoms with Gasteiger partial charge in [0.25, 0.3) is 0 Å². The summed E-state index contributed by atoms with van der Waals surface area (Å²) >= 11 is 0. The number of ether oxygens (including phenoxy) is 1. The number of imidazole rings is 1. The van der Waals surface area contributed by atoms with Crippen LogP contribution in [0.1, 0.15) is 64.2 Å². The molecule has 4 rings (SSSR count). The predicted octanol–water partition coefficient (Wildman–Crippen LogP) is 6.86. The largest absolute Gasteiger partial charge is 0.469 e. The number of nitrogens with one attached hydrogen (secondary N) is 2. The maximum absolute atomic E-state index is 15.0. The maximum Gasteiger partial charge on any atom is 0.305 e. The van der Waals surface area contributed by atoms with Gasteiger partial charge in [0.1, 0.15) is 17.0 Å². The number of carbonyl (C=O) groups is 2. The summed E-state index contributed by atoms with van der Waals surface area (Å²) in [7, 11) is 1.37. The molecule has 9 nitrogen and oxygen atoms in total. The van der Waals surface area contributed by atoms with Gasteiger partial charge in [0.05, 0.1) is 18.8 Å². The molecular formula is C30H34F2N6O3. The Labute approximate surface area is 237 Å². The molecule has 0 aliphatic heterocycles. The zero-order chi connectivity index (χ0) is 29.5. The van der Waals surface area contributed by atoms with Crippen LogP contribution in [-0.2, 0) is 14.3 Å². The van der Waals surface area contributed by atoms with Crippen molar-refractivity contribution in [3.63, 3.8) is 0 Å². The van der Waals surface area contributed by atoms with Crippen molar-refractivity contribution < 1.29 is 23.1 Å². The quantitative estimate of drug-likeness (QED) is 0.143. The molecule has 0 fully saturated rings. The number of fused-ring (bicyclic) bond motifs is 1. The Bertz CT molecular complexity index is 1540. The Morgan fingerprint density at radius 1 is 0.951 bits per heavy atom. The van der Waals surface area contributed by atoms with E-state index in [1.807, 2.05) is 18.4 Å². The number of nitrogens with zero attached hydrogens (tertiary/aromatic N) is 4. The predicted molar refractivity (Wildman–Crippen MR) is 154 cm³/mol. The minimum Gasteiger partial charge on any atom is -0.469 e. The first-order valence-corrected chi connectivity index (χ1v) is 13.6. The van der Waals surface area contributed by atoms with Gasteiger partial charge in [-0.25, -0.2) is 23.7 Å². The first-order chi connectivity index (χ1) is 19.7. The van der Waals surface area contributed by atoms with E-state index in [0.717, 1.165) is 31.9 Å². The minimum atomic E-state index is -0.678. The lowest BCUT2D eigenvalue weighted by Gasteiger charge is -2.12. The van der Waals surface area contributed by atoms with Crippen LogP contribution in [0.15, 0.2) is 42.6 Å². The van der Waals surface area contributed by atoms with Crippen molar-refractivity contribution in [3.05, 3.63) is 60.1 Å². The second-order valence-electron chi connectivity index (χ2n) is 10.1. The summed E-state index contributed by atoms with van der Waals surface area (Å²) in [6.07, 6.45) is 5.02. The SMILES string of the molecule is COC(=O)CCCCCCC(=O)Nc1ccc(Nc2ncc(F)c(-c3cc(F)c4nc(C)n(C(C)C)c4c3)n2)cc1. The zero-order valence-corrected chi connectivity index (χ0v) is 23.6. The number of anilines is 3. The van der Waals surface area contributed by atoms with E-state index < -0.39 is 11.6 Å². The molecule has 2 heterocycles. The number of unbranched alkanes of at least 4 members (excludes halogenated alkanes) is 3. The molecule has 1 amide bonds. The van der Waals surface area contributed by atoms with Gasteiger partial charge in [-0.1, -0.05) is 12.8 Å². The number of hydrogen-bond acceptors (Lipinski definition) is 7. The van der Waals surface area contributed by atoms with Gasteiger partial charge in [-0.15, -0.1) is 0 Å². The Morgan fingerprint density at radius 3 is 2.32 bits per heavy atom. The van der Waals surface area contributed by atoms with Crippen molar-refractivity contribution in [2.24, 2.45) is 0 Å². The van der Waals surface area contributed by atoms with Gasteiger partial charge in [0.15, 0.2) is 11.6 Å². The number of carbonyl (C=O) groups excluding carboxylic acids is 2. The standard InChI is InChI=1S/C30H34F2N6O3/c1-18(2)38-19(3)34-29-23(31)15-20(16-25(29)38)28-24(32)17-33-30(37-28)36-22-13-11-21(12-14-22)35-26(39)9-7-5-6-8-10-27(40)41-4/h11-18H,5-10H2,1-4H3,(H,35,39)(H,33,36,37). The molecule has 0 radical (unpaired) electrons. The molecule has 0 saturated heterocycles. The fourth-order valence-corrected chi connectivity index (χ4v) is 4.69. The zero-order valence-electron chi connectivity index (χ0n) is 23.6. The van der Waals surface area contributed by atoms with Gasteiger partial charge >= 0.3 is 5.97 Å². The van der Waals surface area contributed by atoms with Gasteiger partial charge < -0.3 is 19.9 Å². The Morgan fingerprint density at radius 2 is 1.63 bits per heavy atom. The van der Waals surface area contributed by atoms with E-state index in [-0.39, 0.29) is 40.6 Å². The number of esters is 1. The third kappa shape index (κ3) is 7.41. The monoisotopic (exact) mass is 564 g/mol. The number of aryl methyl sites for hydroxylation is 1. The molecule has 0 aliphatic carbocycles. The summed E-state index contributed by atoms with van der Waals surface area (Å²) in [4.78, 5) is 36.1. The van der Waals surface area contributed by atoms with E-state index in [2.05, 4.69) is 30.3 Å². The normalized spacial score (nSPS) is 11.2. The summed E-state index contributed by atoms with van der Waals surface area (Å²) < 4.78 is 36.3. The van der Waals surface area contributed by atoms with E-state index in [1.165, 1.54) is 13.2 Å². The van der Waals surface area contributed by atoms with Crippen molar-refractivity contribution in [1.29, 1.82) is 0 Å². The van der Waals surface area contributed by atoms with Crippen LogP contribution in [0, 0.1) is 18.6 Å². The topological polar surface area (TPSA) is 111 Å². The van der Waals surface area contributed by atoms with E-state index in [0.29, 0.717) is 35.6 Å². The molecule has 2 aromatic heterocycles. The number of methoxy groups -OCH3 is 1. The first kappa shape index (κ1) is 29.6. The van der Waals surface area contributed by atoms with Gasteiger partial charge in [-0.2, -0.15) is 0 Å². The molecule has 0 atom stereocenters. The average Bonchev–Trinajstić information content (AvgIpc) is 3.29. The summed E-state index contributed by atoms with van der Waals surface area (Å²) in [5.41, 5.74) is 2.30. The van der Waals surface area contributed by atoms with Gasteiger partial charge in [0, 0.05) is 35.8 Å². The molecule has 11 heteroatoms. The molecule has 216 valence electrons. The number of hydrogen-bond donors (Lipinski definition) is 2. The summed E-state index contributed by atoms with van der Waals surface area (Å²) in [5, 5.41) is 5.89. The molecule has 0 bridgehead atoms. The second kappa shape index (κ2) is 13.3. The van der Waals surface area contributed by atoms with E-state index in [9.17, 15) is 18.4 Å². The Hall–Kier alpha value is -4.41. The average molecular weight is 565 g/mol. The van der Waals surface area contributed by atoms with Crippen LogP contribution in [-0.4, -0.2) is 38.5 Å². The smallest absolute Gasteiger partial charge is 0.305 e. The highest BCUT2D eigenvalue weighted by atomic mass is 19.1. The molecule has 0 spiro atoms. The molecule has 0 saturated carbocycles. The van der Waals surface area contributed by atoms with Crippen LogP contribution in [0.5, 0.6) is 0 Å². The van der Waals surface area contributed by atoms with Crippen LogP contribution in [0.3, 0.4) is 0 Å². The minimum absolute atomic E-state index is 0.0355. The molecule has 0 aliphatic rings. The highest BCUT2D eigenvalue weighted by Crippen LogP contribution is 2.30. The molecular weight excluding hydrogens is 530 g/mol. The summed E-state index contributed by atoms with van der Waals surface area (Å²) in [6, 6.07) is 9.91. The molecule has 0 unspecified atom stereocenters. The van der Waals surface area contributed by atoms with Crippen molar-refractivity contribution in [2.75, 3.05) is 17.7 Å². The number of halogens is 2.